The number of aliphatic imine (C=N–C) groups is 1. The number of nitrogens with one attached hydrogen (secondary N) is 1. The van der Waals surface area contributed by atoms with Crippen molar-refractivity contribution in [1.82, 2.24) is 20.0 Å². The minimum absolute atomic E-state index is 0.910. The Labute approximate surface area is 189 Å². The molecule has 2 aliphatic rings. The van der Waals surface area contributed by atoms with Crippen LogP contribution in [0.15, 0.2) is 29.3 Å². The summed E-state index contributed by atoms with van der Waals surface area (Å²) in [4.78, 5) is 14.9. The number of methoxy groups -OCH3 is 1. The van der Waals surface area contributed by atoms with Crippen LogP contribution in [-0.2, 0) is 0 Å². The fourth-order valence-corrected chi connectivity index (χ4v) is 4.37. The van der Waals surface area contributed by atoms with Crippen LogP contribution in [0.4, 0.5) is 5.69 Å². The lowest BCUT2D eigenvalue weighted by Crippen LogP contribution is -2.52. The van der Waals surface area contributed by atoms with Crippen LogP contribution < -0.4 is 15.0 Å². The van der Waals surface area contributed by atoms with Crippen LogP contribution in [-0.4, -0.2) is 106 Å². The molecule has 2 aliphatic heterocycles. The molecule has 0 bridgehead atoms. The predicted molar refractivity (Wildman–Crippen MR) is 131 cm³/mol. The molecule has 0 saturated carbocycles. The molecule has 3 rings (SSSR count). The van der Waals surface area contributed by atoms with Gasteiger partial charge in [-0.1, -0.05) is 13.0 Å². The SMILES string of the molecule is CCNC(=NCCCCN1CCN(CC)CC1)N1CCN(c2cccc(OC)c2)CC1. The molecule has 2 heterocycles. The standard InChI is InChI=1S/C24H42N6O/c1-4-25-24(26-11-6-7-12-28-15-13-27(5-2)14-16-28)30-19-17-29(18-20-30)22-9-8-10-23(21-22)31-3/h8-10,21H,4-7,11-20H2,1-3H3,(H,25,26). The molecule has 1 aromatic rings. The van der Waals surface area contributed by atoms with Crippen molar-refractivity contribution >= 4 is 11.6 Å². The number of rotatable bonds is 9. The molecule has 0 radical (unpaired) electrons. The highest BCUT2D eigenvalue weighted by molar-refractivity contribution is 5.80. The Morgan fingerprint density at radius 2 is 1.71 bits per heavy atom. The molecular formula is C24H42N6O. The van der Waals surface area contributed by atoms with Gasteiger partial charge in [-0.2, -0.15) is 0 Å². The topological polar surface area (TPSA) is 46.6 Å². The third-order valence-corrected chi connectivity index (χ3v) is 6.39. The molecule has 1 N–H and O–H groups in total. The molecule has 174 valence electrons. The predicted octanol–water partition coefficient (Wildman–Crippen LogP) is 2.20. The zero-order chi connectivity index (χ0) is 21.9. The van der Waals surface area contributed by atoms with Crippen molar-refractivity contribution in [2.24, 2.45) is 4.99 Å². The first-order valence-electron chi connectivity index (χ1n) is 12.1. The van der Waals surface area contributed by atoms with Crippen molar-refractivity contribution in [2.45, 2.75) is 26.7 Å². The van der Waals surface area contributed by atoms with Crippen molar-refractivity contribution in [3.8, 4) is 5.75 Å². The van der Waals surface area contributed by atoms with Crippen LogP contribution in [0.3, 0.4) is 0 Å². The van der Waals surface area contributed by atoms with Crippen LogP contribution in [0.25, 0.3) is 0 Å². The molecule has 0 aromatic heterocycles. The van der Waals surface area contributed by atoms with E-state index >= 15 is 0 Å². The Bertz CT molecular complexity index is 666. The summed E-state index contributed by atoms with van der Waals surface area (Å²) >= 11 is 0. The summed E-state index contributed by atoms with van der Waals surface area (Å²) in [5.74, 6) is 1.99. The zero-order valence-electron chi connectivity index (χ0n) is 19.9. The number of ether oxygens (including phenoxy) is 1. The van der Waals surface area contributed by atoms with Crippen LogP contribution in [0, 0.1) is 0 Å². The number of hydrogen-bond donors (Lipinski definition) is 1. The summed E-state index contributed by atoms with van der Waals surface area (Å²) in [5.41, 5.74) is 1.24. The number of likely N-dealkylation sites (N-methyl/N-ethyl adjacent to an activating group) is 1. The molecule has 0 atom stereocenters. The molecule has 0 unspecified atom stereocenters. The molecule has 0 aliphatic carbocycles. The van der Waals surface area contributed by atoms with Gasteiger partial charge in [0.25, 0.3) is 0 Å². The summed E-state index contributed by atoms with van der Waals surface area (Å²) in [5, 5.41) is 3.50. The van der Waals surface area contributed by atoms with E-state index in [9.17, 15) is 0 Å². The first-order valence-corrected chi connectivity index (χ1v) is 12.1. The van der Waals surface area contributed by atoms with Crippen molar-refractivity contribution in [3.05, 3.63) is 24.3 Å². The van der Waals surface area contributed by atoms with Gasteiger partial charge in [0.05, 0.1) is 7.11 Å². The van der Waals surface area contributed by atoms with Crippen molar-refractivity contribution in [3.63, 3.8) is 0 Å². The van der Waals surface area contributed by atoms with E-state index in [0.29, 0.717) is 0 Å². The normalized spacial score (nSPS) is 19.0. The zero-order valence-corrected chi connectivity index (χ0v) is 19.9. The summed E-state index contributed by atoms with van der Waals surface area (Å²) in [6.07, 6.45) is 2.39. The minimum atomic E-state index is 0.910. The van der Waals surface area contributed by atoms with Crippen molar-refractivity contribution in [2.75, 3.05) is 90.5 Å². The van der Waals surface area contributed by atoms with Crippen LogP contribution in [0.1, 0.15) is 26.7 Å². The lowest BCUT2D eigenvalue weighted by Gasteiger charge is -2.37. The maximum absolute atomic E-state index is 5.38. The lowest BCUT2D eigenvalue weighted by molar-refractivity contribution is 0.136. The fraction of sp³-hybridized carbons (Fsp3) is 0.708. The Morgan fingerprint density at radius 3 is 2.39 bits per heavy atom. The number of unbranched alkanes of at least 4 members (excludes halogenated alkanes) is 1. The first kappa shape index (κ1) is 23.7. The Balaban J connectivity index is 1.40. The first-order chi connectivity index (χ1) is 15.2. The molecular weight excluding hydrogens is 388 g/mol. The van der Waals surface area contributed by atoms with E-state index in [0.717, 1.165) is 57.4 Å². The number of anilines is 1. The Hall–Kier alpha value is -1.99. The highest BCUT2D eigenvalue weighted by Gasteiger charge is 2.20. The summed E-state index contributed by atoms with van der Waals surface area (Å²) < 4.78 is 5.38. The third-order valence-electron chi connectivity index (χ3n) is 6.39. The molecule has 2 fully saturated rings. The molecule has 31 heavy (non-hydrogen) atoms. The third kappa shape index (κ3) is 7.28. The maximum atomic E-state index is 5.38. The van der Waals surface area contributed by atoms with Crippen molar-refractivity contribution < 1.29 is 4.74 Å². The highest BCUT2D eigenvalue weighted by atomic mass is 16.5. The Morgan fingerprint density at radius 1 is 0.968 bits per heavy atom. The van der Waals surface area contributed by atoms with Gasteiger partial charge in [-0.15, -0.1) is 0 Å². The molecule has 7 heteroatoms. The molecule has 1 aromatic carbocycles. The number of hydrogen-bond acceptors (Lipinski definition) is 5. The Kier molecular flexibility index (Phi) is 9.75. The molecule has 0 spiro atoms. The number of piperazine rings is 2. The van der Waals surface area contributed by atoms with E-state index < -0.39 is 0 Å². The largest absolute Gasteiger partial charge is 0.497 e. The number of nitrogens with zero attached hydrogens (tertiary/aromatic N) is 5. The molecule has 7 nitrogen and oxygen atoms in total. The van der Waals surface area contributed by atoms with E-state index in [4.69, 9.17) is 9.73 Å². The average Bonchev–Trinajstić information content (AvgIpc) is 2.83. The highest BCUT2D eigenvalue weighted by Crippen LogP contribution is 2.22. The van der Waals surface area contributed by atoms with E-state index in [1.165, 1.54) is 51.4 Å². The smallest absolute Gasteiger partial charge is 0.194 e. The van der Waals surface area contributed by atoms with E-state index in [-0.39, 0.29) is 0 Å². The van der Waals surface area contributed by atoms with Gasteiger partial charge in [0.1, 0.15) is 5.75 Å². The van der Waals surface area contributed by atoms with Gasteiger partial charge < -0.3 is 29.7 Å². The quantitative estimate of drug-likeness (QED) is 0.368. The molecule has 0 amide bonds. The second-order valence-electron chi connectivity index (χ2n) is 8.39. The monoisotopic (exact) mass is 430 g/mol. The second-order valence-corrected chi connectivity index (χ2v) is 8.39. The number of benzene rings is 1. The fourth-order valence-electron chi connectivity index (χ4n) is 4.37. The maximum Gasteiger partial charge on any atom is 0.194 e. The van der Waals surface area contributed by atoms with Gasteiger partial charge in [-0.3, -0.25) is 4.99 Å². The van der Waals surface area contributed by atoms with E-state index in [2.05, 4.69) is 57.0 Å². The van der Waals surface area contributed by atoms with Gasteiger partial charge in [0.2, 0.25) is 0 Å². The van der Waals surface area contributed by atoms with Gasteiger partial charge in [0.15, 0.2) is 5.96 Å². The second kappa shape index (κ2) is 12.8. The van der Waals surface area contributed by atoms with Crippen LogP contribution >= 0.6 is 0 Å². The van der Waals surface area contributed by atoms with E-state index in [1.807, 2.05) is 6.07 Å². The van der Waals surface area contributed by atoms with E-state index in [1.54, 1.807) is 7.11 Å². The molecule has 2 saturated heterocycles. The van der Waals surface area contributed by atoms with Crippen LogP contribution in [0.2, 0.25) is 0 Å². The summed E-state index contributed by atoms with van der Waals surface area (Å²) in [6, 6.07) is 8.35. The van der Waals surface area contributed by atoms with Gasteiger partial charge in [0, 0.05) is 77.2 Å². The van der Waals surface area contributed by atoms with Gasteiger partial charge in [-0.05, 0) is 45.0 Å². The van der Waals surface area contributed by atoms with Crippen LogP contribution in [0.5, 0.6) is 5.75 Å². The van der Waals surface area contributed by atoms with Gasteiger partial charge in [-0.25, -0.2) is 0 Å². The van der Waals surface area contributed by atoms with Crippen molar-refractivity contribution in [1.29, 1.82) is 0 Å². The lowest BCUT2D eigenvalue weighted by atomic mass is 10.2. The average molecular weight is 431 g/mol. The minimum Gasteiger partial charge on any atom is -0.497 e. The summed E-state index contributed by atoms with van der Waals surface area (Å²) in [7, 11) is 1.72. The van der Waals surface area contributed by atoms with Gasteiger partial charge >= 0.3 is 0 Å². The number of guanidine groups is 1. The summed E-state index contributed by atoms with van der Waals surface area (Å²) in [6.45, 7) is 17.5.